The molecule has 0 spiro atoms. The molecule has 0 aliphatic carbocycles. The monoisotopic (exact) mass is 655 g/mol. The maximum atomic E-state index is 12.2. The van der Waals surface area contributed by atoms with E-state index in [1.807, 2.05) is 0 Å². The molecule has 4 nitrogen and oxygen atoms in total. The number of unbranched alkanes of at least 4 members (excludes halogenated alkanes) is 15. The molecule has 0 saturated carbocycles. The van der Waals surface area contributed by atoms with Crippen LogP contribution in [0.1, 0.15) is 168 Å². The van der Waals surface area contributed by atoms with Crippen LogP contribution in [-0.2, 0) is 14.3 Å². The lowest BCUT2D eigenvalue weighted by Crippen LogP contribution is -2.27. The summed E-state index contributed by atoms with van der Waals surface area (Å²) >= 11 is 0. The predicted molar refractivity (Wildman–Crippen MR) is 205 cm³/mol. The summed E-state index contributed by atoms with van der Waals surface area (Å²) in [5.41, 5.74) is 0. The molecule has 0 heterocycles. The summed E-state index contributed by atoms with van der Waals surface area (Å²) < 4.78 is 11.1. The Balaban J connectivity index is 3.51. The second-order valence-corrected chi connectivity index (χ2v) is 12.6. The number of carbonyl (C=O) groups excluding carboxylic acids is 1. The van der Waals surface area contributed by atoms with Crippen LogP contribution in [-0.4, -0.2) is 37.0 Å². The molecule has 47 heavy (non-hydrogen) atoms. The molecule has 0 aliphatic rings. The summed E-state index contributed by atoms with van der Waals surface area (Å²) in [6, 6.07) is 0. The minimum atomic E-state index is -0.550. The highest BCUT2D eigenvalue weighted by Crippen LogP contribution is 2.11. The summed E-state index contributed by atoms with van der Waals surface area (Å²) in [4.78, 5) is 12.2. The average Bonchev–Trinajstić information content (AvgIpc) is 3.08. The van der Waals surface area contributed by atoms with Gasteiger partial charge in [-0.1, -0.05) is 151 Å². The van der Waals surface area contributed by atoms with E-state index in [2.05, 4.69) is 86.8 Å². The minimum absolute atomic E-state index is 0.186. The maximum Gasteiger partial charge on any atom is 0.306 e. The standard InChI is InChI=1S/C43H74O4/c1-3-5-7-9-11-13-15-17-19-20-21-22-23-25-27-29-31-33-35-37-39-46-41-42(40-44)47-43(45)38-36-34-32-30-28-26-24-18-16-14-12-10-8-6-4-2/h5,7,11-14,17-19,21-22,24,42,44H,3-4,6,8-10,15-16,20,23,25-41H2,1-2H3/b7-5-,13-11-,14-12-,19-17-,22-21-,24-18-. The Bertz CT molecular complexity index is 820. The molecule has 0 aliphatic heterocycles. The van der Waals surface area contributed by atoms with Crippen LogP contribution >= 0.6 is 0 Å². The molecular formula is C43H74O4. The third-order valence-corrected chi connectivity index (χ3v) is 8.02. The SMILES string of the molecule is CC/C=C\C/C=C\C/C=C\C/C=C\CCCCCCCCCOCC(CO)OC(=O)CCCCCCC/C=C\C/C=C\CCCCC. The number of allylic oxidation sites excluding steroid dienone is 12. The Kier molecular flexibility index (Phi) is 38.2. The van der Waals surface area contributed by atoms with Gasteiger partial charge in [0.25, 0.3) is 0 Å². The smallest absolute Gasteiger partial charge is 0.306 e. The topological polar surface area (TPSA) is 55.8 Å². The van der Waals surface area contributed by atoms with Gasteiger partial charge < -0.3 is 14.6 Å². The van der Waals surface area contributed by atoms with E-state index in [1.165, 1.54) is 77.0 Å². The lowest BCUT2D eigenvalue weighted by atomic mass is 10.1. The molecule has 0 aromatic carbocycles. The highest BCUT2D eigenvalue weighted by molar-refractivity contribution is 5.69. The number of ether oxygens (including phenoxy) is 2. The van der Waals surface area contributed by atoms with Gasteiger partial charge in [0, 0.05) is 13.0 Å². The Morgan fingerprint density at radius 1 is 0.532 bits per heavy atom. The highest BCUT2D eigenvalue weighted by Gasteiger charge is 2.13. The van der Waals surface area contributed by atoms with Crippen molar-refractivity contribution in [3.05, 3.63) is 72.9 Å². The van der Waals surface area contributed by atoms with Crippen LogP contribution in [0, 0.1) is 0 Å². The molecule has 270 valence electrons. The second-order valence-electron chi connectivity index (χ2n) is 12.6. The van der Waals surface area contributed by atoms with Gasteiger partial charge in [0.2, 0.25) is 0 Å². The van der Waals surface area contributed by atoms with Crippen LogP contribution in [0.2, 0.25) is 0 Å². The molecule has 1 N–H and O–H groups in total. The summed E-state index contributed by atoms with van der Waals surface area (Å²) in [6.45, 7) is 5.16. The molecule has 0 radical (unpaired) electrons. The zero-order valence-corrected chi connectivity index (χ0v) is 30.8. The van der Waals surface area contributed by atoms with Crippen molar-refractivity contribution in [2.75, 3.05) is 19.8 Å². The predicted octanol–water partition coefficient (Wildman–Crippen LogP) is 12.6. The van der Waals surface area contributed by atoms with Gasteiger partial charge >= 0.3 is 5.97 Å². The van der Waals surface area contributed by atoms with Gasteiger partial charge in [0.15, 0.2) is 0 Å². The van der Waals surface area contributed by atoms with Gasteiger partial charge in [0.1, 0.15) is 6.10 Å². The van der Waals surface area contributed by atoms with Gasteiger partial charge in [-0.2, -0.15) is 0 Å². The third kappa shape index (κ3) is 38.2. The Morgan fingerprint density at radius 3 is 1.45 bits per heavy atom. The lowest BCUT2D eigenvalue weighted by molar-refractivity contribution is -0.154. The first-order chi connectivity index (χ1) is 23.2. The number of carbonyl (C=O) groups is 1. The third-order valence-electron chi connectivity index (χ3n) is 8.02. The summed E-state index contributed by atoms with van der Waals surface area (Å²) in [5, 5.41) is 9.57. The second kappa shape index (κ2) is 40.0. The van der Waals surface area contributed by atoms with E-state index >= 15 is 0 Å². The van der Waals surface area contributed by atoms with E-state index in [0.29, 0.717) is 13.0 Å². The van der Waals surface area contributed by atoms with E-state index in [9.17, 15) is 9.90 Å². The minimum Gasteiger partial charge on any atom is -0.457 e. The Morgan fingerprint density at radius 2 is 0.957 bits per heavy atom. The van der Waals surface area contributed by atoms with Crippen molar-refractivity contribution < 1.29 is 19.4 Å². The maximum absolute atomic E-state index is 12.2. The molecule has 0 saturated heterocycles. The fraction of sp³-hybridized carbons (Fsp3) is 0.698. The molecule has 0 bridgehead atoms. The first-order valence-corrected chi connectivity index (χ1v) is 19.5. The van der Waals surface area contributed by atoms with Crippen molar-refractivity contribution in [2.45, 2.75) is 174 Å². The van der Waals surface area contributed by atoms with E-state index in [-0.39, 0.29) is 19.2 Å². The number of rotatable bonds is 35. The largest absolute Gasteiger partial charge is 0.457 e. The normalized spacial score (nSPS) is 13.2. The zero-order valence-electron chi connectivity index (χ0n) is 30.8. The zero-order chi connectivity index (χ0) is 34.1. The fourth-order valence-corrected chi connectivity index (χ4v) is 5.11. The Hall–Kier alpha value is -2.17. The van der Waals surface area contributed by atoms with E-state index < -0.39 is 6.10 Å². The summed E-state index contributed by atoms with van der Waals surface area (Å²) in [7, 11) is 0. The number of aliphatic hydroxyl groups is 1. The molecule has 0 amide bonds. The summed E-state index contributed by atoms with van der Waals surface area (Å²) in [5.74, 6) is -0.222. The molecule has 4 heteroatoms. The van der Waals surface area contributed by atoms with Gasteiger partial charge in [-0.15, -0.1) is 0 Å². The number of hydrogen-bond acceptors (Lipinski definition) is 4. The van der Waals surface area contributed by atoms with Crippen molar-refractivity contribution in [1.29, 1.82) is 0 Å². The Labute approximate surface area is 291 Å². The molecule has 0 fully saturated rings. The molecular weight excluding hydrogens is 580 g/mol. The number of esters is 1. The fourth-order valence-electron chi connectivity index (χ4n) is 5.11. The van der Waals surface area contributed by atoms with E-state index in [1.54, 1.807) is 0 Å². The molecule has 1 atom stereocenters. The summed E-state index contributed by atoms with van der Waals surface area (Å²) in [6.07, 6.45) is 53.7. The van der Waals surface area contributed by atoms with Crippen LogP contribution in [0.3, 0.4) is 0 Å². The first kappa shape index (κ1) is 44.8. The van der Waals surface area contributed by atoms with E-state index in [0.717, 1.165) is 70.6 Å². The average molecular weight is 655 g/mol. The van der Waals surface area contributed by atoms with Gasteiger partial charge in [-0.25, -0.2) is 0 Å². The molecule has 0 rings (SSSR count). The van der Waals surface area contributed by atoms with Crippen LogP contribution in [0.15, 0.2) is 72.9 Å². The number of hydrogen-bond donors (Lipinski definition) is 1. The van der Waals surface area contributed by atoms with Gasteiger partial charge in [0.05, 0.1) is 13.2 Å². The van der Waals surface area contributed by atoms with Crippen LogP contribution < -0.4 is 0 Å². The van der Waals surface area contributed by atoms with Gasteiger partial charge in [-0.3, -0.25) is 4.79 Å². The highest BCUT2D eigenvalue weighted by atomic mass is 16.6. The molecule has 0 aromatic heterocycles. The lowest BCUT2D eigenvalue weighted by Gasteiger charge is -2.15. The van der Waals surface area contributed by atoms with E-state index in [4.69, 9.17) is 9.47 Å². The van der Waals surface area contributed by atoms with Gasteiger partial charge in [-0.05, 0) is 83.5 Å². The molecule has 0 aromatic rings. The first-order valence-electron chi connectivity index (χ1n) is 19.5. The van der Waals surface area contributed by atoms with Crippen molar-refractivity contribution in [1.82, 2.24) is 0 Å². The molecule has 1 unspecified atom stereocenters. The van der Waals surface area contributed by atoms with Crippen molar-refractivity contribution in [2.24, 2.45) is 0 Å². The number of aliphatic hydroxyl groups excluding tert-OH is 1. The van der Waals surface area contributed by atoms with Crippen LogP contribution in [0.4, 0.5) is 0 Å². The van der Waals surface area contributed by atoms with Crippen LogP contribution in [0.5, 0.6) is 0 Å². The van der Waals surface area contributed by atoms with Crippen LogP contribution in [0.25, 0.3) is 0 Å². The van der Waals surface area contributed by atoms with Crippen molar-refractivity contribution in [3.8, 4) is 0 Å². The van der Waals surface area contributed by atoms with Crippen molar-refractivity contribution in [3.63, 3.8) is 0 Å². The van der Waals surface area contributed by atoms with Crippen molar-refractivity contribution >= 4 is 5.97 Å². The quantitative estimate of drug-likeness (QED) is 0.0420.